The van der Waals surface area contributed by atoms with Gasteiger partial charge in [0, 0.05) is 11.8 Å². The van der Waals surface area contributed by atoms with Gasteiger partial charge in [0.2, 0.25) is 0 Å². The molecular formula is C16H15BrO2. The standard InChI is InChI=1S/C16H15BrO2/c1-9-3-2-4-10(5-9)11-6-13-14(17)7-12(11)15(18)16(13)8-19-16/h2-5,7,11-13H,6,8H2,1H3/t11-,12+,13+,16+/m1/s1. The Labute approximate surface area is 121 Å². The Morgan fingerprint density at radius 1 is 1.42 bits per heavy atom. The molecule has 2 fully saturated rings. The molecule has 3 heteroatoms. The minimum Gasteiger partial charge on any atom is -0.361 e. The largest absolute Gasteiger partial charge is 0.361 e. The maximum absolute atomic E-state index is 12.6. The number of hydrogen-bond acceptors (Lipinski definition) is 2. The number of allylic oxidation sites excluding steroid dienone is 1. The molecule has 1 saturated carbocycles. The van der Waals surface area contributed by atoms with E-state index in [-0.39, 0.29) is 11.8 Å². The number of hydrogen-bond donors (Lipinski definition) is 0. The van der Waals surface area contributed by atoms with Gasteiger partial charge in [-0.25, -0.2) is 0 Å². The molecule has 1 heterocycles. The van der Waals surface area contributed by atoms with Crippen LogP contribution in [0.25, 0.3) is 0 Å². The molecule has 1 spiro atoms. The second kappa shape index (κ2) is 3.80. The lowest BCUT2D eigenvalue weighted by molar-refractivity contribution is -0.132. The monoisotopic (exact) mass is 318 g/mol. The van der Waals surface area contributed by atoms with E-state index < -0.39 is 5.60 Å². The Morgan fingerprint density at radius 2 is 2.21 bits per heavy atom. The van der Waals surface area contributed by atoms with Crippen LogP contribution in [0.15, 0.2) is 34.8 Å². The number of aryl methyl sites for hydroxylation is 1. The number of rotatable bonds is 1. The Kier molecular flexibility index (Phi) is 2.37. The molecule has 0 aromatic heterocycles. The zero-order chi connectivity index (χ0) is 13.2. The van der Waals surface area contributed by atoms with Gasteiger partial charge >= 0.3 is 0 Å². The van der Waals surface area contributed by atoms with Crippen LogP contribution in [0.4, 0.5) is 0 Å². The fourth-order valence-corrected chi connectivity index (χ4v) is 4.55. The molecule has 1 saturated heterocycles. The first kappa shape index (κ1) is 11.9. The number of carbonyl (C=O) groups is 1. The fraction of sp³-hybridized carbons (Fsp3) is 0.438. The van der Waals surface area contributed by atoms with Crippen molar-refractivity contribution in [3.8, 4) is 0 Å². The number of ether oxygens (including phenoxy) is 1. The molecule has 3 aliphatic carbocycles. The number of ketones is 1. The maximum atomic E-state index is 12.6. The van der Waals surface area contributed by atoms with E-state index in [1.165, 1.54) is 15.6 Å². The Hall–Kier alpha value is -0.930. The van der Waals surface area contributed by atoms with Crippen LogP contribution in [-0.2, 0) is 9.53 Å². The molecule has 19 heavy (non-hydrogen) atoms. The van der Waals surface area contributed by atoms with Crippen LogP contribution >= 0.6 is 15.9 Å². The van der Waals surface area contributed by atoms with E-state index in [2.05, 4.69) is 53.2 Å². The summed E-state index contributed by atoms with van der Waals surface area (Å²) in [7, 11) is 0. The van der Waals surface area contributed by atoms with Gasteiger partial charge in [0.05, 0.1) is 6.61 Å². The van der Waals surface area contributed by atoms with Gasteiger partial charge in [-0.3, -0.25) is 4.79 Å². The summed E-state index contributed by atoms with van der Waals surface area (Å²) in [5.74, 6) is 0.797. The van der Waals surface area contributed by atoms with Crippen molar-refractivity contribution in [3.63, 3.8) is 0 Å². The van der Waals surface area contributed by atoms with Crippen LogP contribution in [0.2, 0.25) is 0 Å². The first-order valence-corrected chi connectivity index (χ1v) is 7.53. The molecule has 98 valence electrons. The molecule has 2 bridgehead atoms. The summed E-state index contributed by atoms with van der Waals surface area (Å²) in [4.78, 5) is 12.6. The van der Waals surface area contributed by atoms with Crippen LogP contribution < -0.4 is 0 Å². The average Bonchev–Trinajstić information content (AvgIpc) is 3.17. The molecule has 0 radical (unpaired) electrons. The summed E-state index contributed by atoms with van der Waals surface area (Å²) in [6, 6.07) is 8.54. The van der Waals surface area contributed by atoms with Gasteiger partial charge in [0.15, 0.2) is 11.4 Å². The Morgan fingerprint density at radius 3 is 2.89 bits per heavy atom. The number of fused-ring (bicyclic) bond motifs is 1. The number of halogens is 1. The predicted molar refractivity (Wildman–Crippen MR) is 76.2 cm³/mol. The van der Waals surface area contributed by atoms with Gasteiger partial charge in [-0.15, -0.1) is 0 Å². The molecule has 1 aromatic carbocycles. The highest BCUT2D eigenvalue weighted by molar-refractivity contribution is 9.11. The van der Waals surface area contributed by atoms with Gasteiger partial charge < -0.3 is 4.74 Å². The van der Waals surface area contributed by atoms with Crippen molar-refractivity contribution in [1.82, 2.24) is 0 Å². The summed E-state index contributed by atoms with van der Waals surface area (Å²) in [5, 5.41) is 0. The zero-order valence-corrected chi connectivity index (χ0v) is 12.3. The molecule has 0 amide bonds. The van der Waals surface area contributed by atoms with Crippen LogP contribution in [-0.4, -0.2) is 18.0 Å². The quantitative estimate of drug-likeness (QED) is 0.743. The molecule has 5 rings (SSSR count). The van der Waals surface area contributed by atoms with E-state index >= 15 is 0 Å². The molecule has 1 aromatic rings. The number of epoxide rings is 1. The topological polar surface area (TPSA) is 29.6 Å². The lowest BCUT2D eigenvalue weighted by Crippen LogP contribution is -2.49. The highest BCUT2D eigenvalue weighted by Gasteiger charge is 2.66. The van der Waals surface area contributed by atoms with E-state index in [1.54, 1.807) is 0 Å². The van der Waals surface area contributed by atoms with Crippen LogP contribution in [0.3, 0.4) is 0 Å². The Bertz CT molecular complexity index is 601. The first-order valence-electron chi connectivity index (χ1n) is 6.74. The van der Waals surface area contributed by atoms with E-state index in [0.717, 1.165) is 6.42 Å². The van der Waals surface area contributed by atoms with Crippen molar-refractivity contribution in [2.45, 2.75) is 24.9 Å². The number of Topliss-reactive ketones (excluding diaryl/α,β-unsaturated/α-hetero) is 1. The lowest BCUT2D eigenvalue weighted by atomic mass is 9.61. The van der Waals surface area contributed by atoms with E-state index in [4.69, 9.17) is 4.74 Å². The van der Waals surface area contributed by atoms with Crippen LogP contribution in [0.5, 0.6) is 0 Å². The average molecular weight is 319 g/mol. The van der Waals surface area contributed by atoms with Crippen molar-refractivity contribution in [2.24, 2.45) is 11.8 Å². The van der Waals surface area contributed by atoms with Crippen molar-refractivity contribution >= 4 is 21.7 Å². The summed E-state index contributed by atoms with van der Waals surface area (Å²) in [5.41, 5.74) is 2.07. The highest BCUT2D eigenvalue weighted by atomic mass is 79.9. The van der Waals surface area contributed by atoms with Gasteiger partial charge in [-0.05, 0) is 29.3 Å². The smallest absolute Gasteiger partial charge is 0.175 e. The normalized spacial score (nSPS) is 39.6. The van der Waals surface area contributed by atoms with Crippen molar-refractivity contribution in [3.05, 3.63) is 46.0 Å². The fourth-order valence-electron chi connectivity index (χ4n) is 3.71. The van der Waals surface area contributed by atoms with E-state index in [0.29, 0.717) is 18.3 Å². The van der Waals surface area contributed by atoms with Gasteiger partial charge in [0.1, 0.15) is 0 Å². The summed E-state index contributed by atoms with van der Waals surface area (Å²) in [6.45, 7) is 2.71. The summed E-state index contributed by atoms with van der Waals surface area (Å²) in [6.07, 6.45) is 3.12. The third-order valence-electron chi connectivity index (χ3n) is 4.80. The molecule has 0 N–H and O–H groups in total. The van der Waals surface area contributed by atoms with Gasteiger partial charge in [-0.2, -0.15) is 0 Å². The predicted octanol–water partition coefficient (Wildman–Crippen LogP) is 3.35. The highest BCUT2D eigenvalue weighted by Crippen LogP contribution is 2.58. The van der Waals surface area contributed by atoms with E-state index in [1.807, 2.05) is 0 Å². The summed E-state index contributed by atoms with van der Waals surface area (Å²) < 4.78 is 6.71. The van der Waals surface area contributed by atoms with Crippen molar-refractivity contribution in [2.75, 3.05) is 6.61 Å². The minimum absolute atomic E-state index is 0.0244. The molecule has 4 aliphatic rings. The van der Waals surface area contributed by atoms with Gasteiger partial charge in [-0.1, -0.05) is 51.8 Å². The number of benzene rings is 1. The number of carbonyl (C=O) groups excluding carboxylic acids is 1. The second-order valence-electron chi connectivity index (χ2n) is 5.93. The minimum atomic E-state index is -0.474. The third-order valence-corrected chi connectivity index (χ3v) is 5.62. The van der Waals surface area contributed by atoms with Gasteiger partial charge in [0.25, 0.3) is 0 Å². The van der Waals surface area contributed by atoms with E-state index in [9.17, 15) is 4.79 Å². The molecule has 0 unspecified atom stereocenters. The molecule has 1 aliphatic heterocycles. The maximum Gasteiger partial charge on any atom is 0.175 e. The van der Waals surface area contributed by atoms with Crippen LogP contribution in [0.1, 0.15) is 23.5 Å². The third kappa shape index (κ3) is 1.55. The zero-order valence-electron chi connectivity index (χ0n) is 10.7. The molecule has 4 atom stereocenters. The molecule has 2 nitrogen and oxygen atoms in total. The summed E-state index contributed by atoms with van der Waals surface area (Å²) >= 11 is 3.63. The first-order chi connectivity index (χ1) is 9.12. The second-order valence-corrected chi connectivity index (χ2v) is 6.84. The lowest BCUT2D eigenvalue weighted by Gasteiger charge is -2.43. The van der Waals surface area contributed by atoms with Crippen molar-refractivity contribution in [1.29, 1.82) is 0 Å². The van der Waals surface area contributed by atoms with Crippen molar-refractivity contribution < 1.29 is 9.53 Å². The SMILES string of the molecule is Cc1cccc([C@H]2C[C@H]3C(Br)=C[C@@H]2C(=O)[C@]32CO2)c1. The Balaban J connectivity index is 1.77. The van der Waals surface area contributed by atoms with Crippen LogP contribution in [0, 0.1) is 18.8 Å². The molecular weight excluding hydrogens is 304 g/mol.